The molecule has 2 nitrogen and oxygen atoms in total. The Morgan fingerprint density at radius 1 is 1.64 bits per heavy atom. The Hall–Kier alpha value is -0.120. The molecule has 14 heavy (non-hydrogen) atoms. The summed E-state index contributed by atoms with van der Waals surface area (Å²) in [7, 11) is 0. The van der Waals surface area contributed by atoms with Crippen molar-refractivity contribution in [3.63, 3.8) is 0 Å². The molecule has 1 atom stereocenters. The molecule has 0 N–H and O–H groups in total. The van der Waals surface area contributed by atoms with Crippen LogP contribution in [0.25, 0.3) is 0 Å². The summed E-state index contributed by atoms with van der Waals surface area (Å²) in [4.78, 5) is 4.36. The van der Waals surface area contributed by atoms with E-state index in [1.807, 2.05) is 5.38 Å². The fourth-order valence-corrected chi connectivity index (χ4v) is 2.00. The van der Waals surface area contributed by atoms with Gasteiger partial charge in [-0.05, 0) is 13.3 Å². The smallest absolute Gasteiger partial charge is 0.0951 e. The molecule has 4 heteroatoms. The SMILES string of the molecule is CCC(C)OCCc1nc(CCl)cs1. The lowest BCUT2D eigenvalue weighted by Gasteiger charge is -2.08. The van der Waals surface area contributed by atoms with E-state index < -0.39 is 0 Å². The molecule has 1 unspecified atom stereocenters. The standard InChI is InChI=1S/C10H16ClNOS/c1-3-8(2)13-5-4-10-12-9(6-11)7-14-10/h7-8H,3-6H2,1-2H3. The van der Waals surface area contributed by atoms with Gasteiger partial charge < -0.3 is 4.74 Å². The highest BCUT2D eigenvalue weighted by atomic mass is 35.5. The molecule has 0 bridgehead atoms. The van der Waals surface area contributed by atoms with E-state index in [2.05, 4.69) is 18.8 Å². The molecule has 0 fully saturated rings. The largest absolute Gasteiger partial charge is 0.378 e. The Kier molecular flexibility index (Phi) is 5.45. The molecule has 1 aromatic rings. The van der Waals surface area contributed by atoms with E-state index in [0.29, 0.717) is 12.0 Å². The third-order valence-electron chi connectivity index (χ3n) is 2.03. The summed E-state index contributed by atoms with van der Waals surface area (Å²) in [5.74, 6) is 0.503. The molecule has 0 aliphatic rings. The minimum absolute atomic E-state index is 0.349. The van der Waals surface area contributed by atoms with Gasteiger partial charge in [0.1, 0.15) is 0 Å². The van der Waals surface area contributed by atoms with Crippen molar-refractivity contribution < 1.29 is 4.74 Å². The quantitative estimate of drug-likeness (QED) is 0.704. The first-order valence-corrected chi connectivity index (χ1v) is 6.28. The van der Waals surface area contributed by atoms with Crippen LogP contribution < -0.4 is 0 Å². The van der Waals surface area contributed by atoms with Crippen LogP contribution in [-0.4, -0.2) is 17.7 Å². The number of hydrogen-bond donors (Lipinski definition) is 0. The first kappa shape index (κ1) is 12.0. The van der Waals surface area contributed by atoms with Gasteiger partial charge in [-0.1, -0.05) is 6.92 Å². The van der Waals surface area contributed by atoms with Gasteiger partial charge in [-0.2, -0.15) is 0 Å². The highest BCUT2D eigenvalue weighted by Crippen LogP contribution is 2.12. The Bertz CT molecular complexity index is 264. The van der Waals surface area contributed by atoms with Gasteiger partial charge in [-0.3, -0.25) is 0 Å². The van der Waals surface area contributed by atoms with Gasteiger partial charge >= 0.3 is 0 Å². The first-order chi connectivity index (χ1) is 6.76. The molecule has 0 saturated carbocycles. The van der Waals surface area contributed by atoms with E-state index in [0.717, 1.165) is 30.2 Å². The molecule has 0 saturated heterocycles. The van der Waals surface area contributed by atoms with E-state index >= 15 is 0 Å². The van der Waals surface area contributed by atoms with Crippen molar-refractivity contribution in [1.29, 1.82) is 0 Å². The van der Waals surface area contributed by atoms with Crippen LogP contribution in [0.2, 0.25) is 0 Å². The molecule has 1 rings (SSSR count). The molecule has 0 aliphatic heterocycles. The Morgan fingerprint density at radius 3 is 3.00 bits per heavy atom. The van der Waals surface area contributed by atoms with Crippen molar-refractivity contribution in [3.05, 3.63) is 16.1 Å². The Balaban J connectivity index is 2.24. The number of alkyl halides is 1. The number of ether oxygens (including phenoxy) is 1. The number of thiazole rings is 1. The van der Waals surface area contributed by atoms with Crippen LogP contribution in [0.4, 0.5) is 0 Å². The minimum atomic E-state index is 0.349. The van der Waals surface area contributed by atoms with Crippen LogP contribution >= 0.6 is 22.9 Å². The summed E-state index contributed by atoms with van der Waals surface area (Å²) in [6.45, 7) is 4.97. The molecule has 1 aromatic heterocycles. The van der Waals surface area contributed by atoms with Crippen molar-refractivity contribution in [1.82, 2.24) is 4.98 Å². The second-order valence-electron chi connectivity index (χ2n) is 3.21. The van der Waals surface area contributed by atoms with Crippen molar-refractivity contribution in [2.45, 2.75) is 38.7 Å². The third kappa shape index (κ3) is 3.95. The lowest BCUT2D eigenvalue weighted by Crippen LogP contribution is -2.09. The first-order valence-electron chi connectivity index (χ1n) is 4.87. The predicted molar refractivity (Wildman–Crippen MR) is 61.1 cm³/mol. The van der Waals surface area contributed by atoms with Gasteiger partial charge in [0.25, 0.3) is 0 Å². The van der Waals surface area contributed by atoms with Gasteiger partial charge in [0.2, 0.25) is 0 Å². The maximum Gasteiger partial charge on any atom is 0.0951 e. The summed E-state index contributed by atoms with van der Waals surface area (Å²) in [6.07, 6.45) is 2.30. The van der Waals surface area contributed by atoms with Gasteiger partial charge in [-0.25, -0.2) is 4.98 Å². The minimum Gasteiger partial charge on any atom is -0.378 e. The zero-order valence-electron chi connectivity index (χ0n) is 8.62. The van der Waals surface area contributed by atoms with Crippen LogP contribution in [0.3, 0.4) is 0 Å². The molecule has 0 aliphatic carbocycles. The molecule has 80 valence electrons. The third-order valence-corrected chi connectivity index (χ3v) is 3.26. The lowest BCUT2D eigenvalue weighted by molar-refractivity contribution is 0.0659. The topological polar surface area (TPSA) is 22.1 Å². The molecular weight excluding hydrogens is 218 g/mol. The van der Waals surface area contributed by atoms with E-state index in [1.54, 1.807) is 11.3 Å². The van der Waals surface area contributed by atoms with Crippen molar-refractivity contribution in [3.8, 4) is 0 Å². The summed E-state index contributed by atoms with van der Waals surface area (Å²) >= 11 is 7.32. The summed E-state index contributed by atoms with van der Waals surface area (Å²) in [6, 6.07) is 0. The van der Waals surface area contributed by atoms with E-state index in [1.165, 1.54) is 0 Å². The zero-order chi connectivity index (χ0) is 10.4. The number of aromatic nitrogens is 1. The number of halogens is 1. The average Bonchev–Trinajstić information content (AvgIpc) is 2.65. The Labute approximate surface area is 94.3 Å². The summed E-state index contributed by atoms with van der Waals surface area (Å²) in [5, 5.41) is 3.12. The number of hydrogen-bond acceptors (Lipinski definition) is 3. The maximum absolute atomic E-state index is 5.66. The number of nitrogens with zero attached hydrogens (tertiary/aromatic N) is 1. The highest BCUT2D eigenvalue weighted by Gasteiger charge is 2.02. The van der Waals surface area contributed by atoms with Gasteiger partial charge in [0.05, 0.1) is 29.3 Å². The summed E-state index contributed by atoms with van der Waals surface area (Å²) < 4.78 is 5.57. The molecule has 1 heterocycles. The average molecular weight is 234 g/mol. The maximum atomic E-state index is 5.66. The van der Waals surface area contributed by atoms with E-state index in [4.69, 9.17) is 16.3 Å². The zero-order valence-corrected chi connectivity index (χ0v) is 10.2. The van der Waals surface area contributed by atoms with E-state index in [-0.39, 0.29) is 0 Å². The molecule has 0 radical (unpaired) electrons. The van der Waals surface area contributed by atoms with Crippen LogP contribution in [0.15, 0.2) is 5.38 Å². The molecule has 0 spiro atoms. The second kappa shape index (κ2) is 6.38. The Morgan fingerprint density at radius 2 is 2.43 bits per heavy atom. The van der Waals surface area contributed by atoms with E-state index in [9.17, 15) is 0 Å². The highest BCUT2D eigenvalue weighted by molar-refractivity contribution is 7.09. The summed E-state index contributed by atoms with van der Waals surface area (Å²) in [5.41, 5.74) is 0.968. The fraction of sp³-hybridized carbons (Fsp3) is 0.700. The van der Waals surface area contributed by atoms with Crippen molar-refractivity contribution in [2.75, 3.05) is 6.61 Å². The predicted octanol–water partition coefficient (Wildman–Crippen LogP) is 3.24. The van der Waals surface area contributed by atoms with Crippen LogP contribution in [0.5, 0.6) is 0 Å². The lowest BCUT2D eigenvalue weighted by atomic mass is 10.3. The fourth-order valence-electron chi connectivity index (χ4n) is 0.990. The van der Waals surface area contributed by atoms with Crippen LogP contribution in [-0.2, 0) is 17.0 Å². The molecule has 0 amide bonds. The van der Waals surface area contributed by atoms with Crippen LogP contribution in [0, 0.1) is 0 Å². The van der Waals surface area contributed by atoms with Crippen molar-refractivity contribution >= 4 is 22.9 Å². The number of rotatable bonds is 6. The van der Waals surface area contributed by atoms with Crippen molar-refractivity contribution in [2.24, 2.45) is 0 Å². The second-order valence-corrected chi connectivity index (χ2v) is 4.42. The van der Waals surface area contributed by atoms with Crippen LogP contribution in [0.1, 0.15) is 31.0 Å². The molecular formula is C10H16ClNOS. The molecule has 0 aromatic carbocycles. The van der Waals surface area contributed by atoms with Gasteiger partial charge in [0.15, 0.2) is 0 Å². The normalized spacial score (nSPS) is 13.1. The van der Waals surface area contributed by atoms with Gasteiger partial charge in [-0.15, -0.1) is 22.9 Å². The van der Waals surface area contributed by atoms with Gasteiger partial charge in [0, 0.05) is 11.8 Å². The monoisotopic (exact) mass is 233 g/mol.